The van der Waals surface area contributed by atoms with Crippen molar-refractivity contribution in [3.05, 3.63) is 11.6 Å². The summed E-state index contributed by atoms with van der Waals surface area (Å²) in [6, 6.07) is 0. The van der Waals surface area contributed by atoms with Crippen molar-refractivity contribution in [1.82, 2.24) is 0 Å². The summed E-state index contributed by atoms with van der Waals surface area (Å²) in [7, 11) is 0.897. The summed E-state index contributed by atoms with van der Waals surface area (Å²) in [6.45, 7) is 12.7. The molecule has 29 heavy (non-hydrogen) atoms. The lowest BCUT2D eigenvalue weighted by Gasteiger charge is -2.58. The van der Waals surface area contributed by atoms with Gasteiger partial charge in [0.05, 0.1) is 0 Å². The molecule has 0 aromatic rings. The van der Waals surface area contributed by atoms with Gasteiger partial charge in [0.1, 0.15) is 10.5 Å². The van der Waals surface area contributed by atoms with Crippen molar-refractivity contribution < 1.29 is 4.43 Å². The van der Waals surface area contributed by atoms with Crippen LogP contribution in [-0.2, 0) is 4.43 Å². The summed E-state index contributed by atoms with van der Waals surface area (Å²) >= 11 is 0. The topological polar surface area (TPSA) is 9.23 Å². The van der Waals surface area contributed by atoms with E-state index in [-0.39, 0.29) is 0 Å². The van der Waals surface area contributed by atoms with E-state index in [0.29, 0.717) is 16.9 Å². The molecular formula is C27H48OSi. The van der Waals surface area contributed by atoms with Crippen molar-refractivity contribution in [2.75, 3.05) is 0 Å². The Morgan fingerprint density at radius 1 is 1.03 bits per heavy atom. The zero-order valence-electron chi connectivity index (χ0n) is 20.3. The van der Waals surface area contributed by atoms with Crippen LogP contribution in [0.15, 0.2) is 11.6 Å². The molecule has 1 nitrogen and oxygen atoms in total. The van der Waals surface area contributed by atoms with Crippen molar-refractivity contribution in [2.45, 2.75) is 111 Å². The van der Waals surface area contributed by atoms with Gasteiger partial charge in [-0.05, 0) is 97.7 Å². The van der Waals surface area contributed by atoms with Crippen LogP contribution >= 0.6 is 0 Å². The second-order valence-electron chi connectivity index (χ2n) is 12.4. The fraction of sp³-hybridized carbons (Fsp3) is 0.926. The van der Waals surface area contributed by atoms with Gasteiger partial charge in [-0.25, -0.2) is 0 Å². The molecule has 0 N–H and O–H groups in total. The summed E-state index contributed by atoms with van der Waals surface area (Å²) in [6.07, 6.45) is 18.9. The SMILES string of the molecule is CC(C)CCC[C@@H](C)[C@H]1CC[C@H]2[C@@H]3CC=C4C[C@@H](O[SiH3])CC[C@]4(C)[C@H]3CC[C@]12C. The predicted octanol–water partition coefficient (Wildman–Crippen LogP) is 6.69. The van der Waals surface area contributed by atoms with E-state index in [2.05, 4.69) is 40.7 Å². The van der Waals surface area contributed by atoms with Gasteiger partial charge in [0.25, 0.3) is 0 Å². The van der Waals surface area contributed by atoms with Crippen LogP contribution < -0.4 is 0 Å². The smallest absolute Gasteiger partial charge is 0.146 e. The molecule has 0 radical (unpaired) electrons. The van der Waals surface area contributed by atoms with Crippen molar-refractivity contribution >= 4 is 10.5 Å². The standard InChI is InChI=1S/C27H48OSi/c1-18(2)7-6-8-19(3)23-11-12-24-22-10-9-20-17-21(28-29)13-15-26(20,4)25(22)14-16-27(23,24)5/h9,18-19,21-25H,6-8,10-17H2,1-5,29H3/t19-,21+,22+,23-,24+,25+,26+,27-/m1/s1. The Hall–Kier alpha value is -0.0831. The van der Waals surface area contributed by atoms with Crippen LogP contribution in [0.4, 0.5) is 0 Å². The Morgan fingerprint density at radius 3 is 2.55 bits per heavy atom. The van der Waals surface area contributed by atoms with Gasteiger partial charge in [-0.3, -0.25) is 0 Å². The number of fused-ring (bicyclic) bond motifs is 5. The van der Waals surface area contributed by atoms with Gasteiger partial charge in [-0.15, -0.1) is 0 Å². The molecule has 0 unspecified atom stereocenters. The minimum atomic E-state index is 0.488. The third kappa shape index (κ3) is 3.84. The lowest BCUT2D eigenvalue weighted by molar-refractivity contribution is -0.0556. The van der Waals surface area contributed by atoms with Crippen molar-refractivity contribution in [1.29, 1.82) is 0 Å². The first kappa shape index (κ1) is 22.1. The highest BCUT2D eigenvalue weighted by molar-refractivity contribution is 5.98. The quantitative estimate of drug-likeness (QED) is 0.346. The maximum atomic E-state index is 5.89. The molecule has 4 aliphatic carbocycles. The van der Waals surface area contributed by atoms with E-state index in [4.69, 9.17) is 4.43 Å². The second-order valence-corrected chi connectivity index (χ2v) is 12.9. The molecule has 3 saturated carbocycles. The van der Waals surface area contributed by atoms with Crippen LogP contribution in [-0.4, -0.2) is 16.6 Å². The molecule has 4 rings (SSSR count). The van der Waals surface area contributed by atoms with Crippen LogP contribution in [0.5, 0.6) is 0 Å². The first-order chi connectivity index (χ1) is 13.8. The van der Waals surface area contributed by atoms with Gasteiger partial charge < -0.3 is 4.43 Å². The fourth-order valence-electron chi connectivity index (χ4n) is 8.85. The third-order valence-electron chi connectivity index (χ3n) is 10.6. The van der Waals surface area contributed by atoms with E-state index in [9.17, 15) is 0 Å². The fourth-order valence-corrected chi connectivity index (χ4v) is 9.26. The van der Waals surface area contributed by atoms with Gasteiger partial charge in [0, 0.05) is 6.10 Å². The highest BCUT2D eigenvalue weighted by atomic mass is 28.2. The summed E-state index contributed by atoms with van der Waals surface area (Å²) in [4.78, 5) is 0. The average Bonchev–Trinajstić information content (AvgIpc) is 3.04. The molecule has 2 heteroatoms. The monoisotopic (exact) mass is 416 g/mol. The molecule has 0 heterocycles. The van der Waals surface area contributed by atoms with Gasteiger partial charge in [0.15, 0.2) is 0 Å². The molecule has 8 atom stereocenters. The summed E-state index contributed by atoms with van der Waals surface area (Å²) in [5.41, 5.74) is 2.89. The molecule has 0 aliphatic heterocycles. The molecule has 4 aliphatic rings. The van der Waals surface area contributed by atoms with Crippen LogP contribution in [0.1, 0.15) is 105 Å². The lowest BCUT2D eigenvalue weighted by Crippen LogP contribution is -2.51. The number of hydrogen-bond donors (Lipinski definition) is 0. The molecular weight excluding hydrogens is 368 g/mol. The van der Waals surface area contributed by atoms with Crippen LogP contribution in [0.2, 0.25) is 0 Å². The molecule has 0 spiro atoms. The Labute approximate surface area is 184 Å². The highest BCUT2D eigenvalue weighted by Crippen LogP contribution is 2.67. The lowest BCUT2D eigenvalue weighted by atomic mass is 9.47. The van der Waals surface area contributed by atoms with Crippen molar-refractivity contribution in [3.8, 4) is 0 Å². The zero-order chi connectivity index (χ0) is 20.8. The molecule has 3 fully saturated rings. The van der Waals surface area contributed by atoms with Crippen LogP contribution in [0, 0.1) is 46.3 Å². The minimum absolute atomic E-state index is 0.488. The number of allylic oxidation sites excluding steroid dienone is 1. The number of rotatable bonds is 6. The Balaban J connectivity index is 1.48. The van der Waals surface area contributed by atoms with E-state index in [0.717, 1.165) is 46.0 Å². The minimum Gasteiger partial charge on any atom is -0.425 e. The van der Waals surface area contributed by atoms with Crippen molar-refractivity contribution in [2.24, 2.45) is 46.3 Å². The molecule has 0 saturated heterocycles. The third-order valence-corrected chi connectivity index (χ3v) is 11.3. The molecule has 0 amide bonds. The Morgan fingerprint density at radius 2 is 1.83 bits per heavy atom. The summed E-state index contributed by atoms with van der Waals surface area (Å²) in [5, 5.41) is 0. The first-order valence-corrected chi connectivity index (χ1v) is 13.8. The van der Waals surface area contributed by atoms with E-state index in [1.165, 1.54) is 70.6 Å². The maximum Gasteiger partial charge on any atom is 0.146 e. The first-order valence-electron chi connectivity index (χ1n) is 13.0. The van der Waals surface area contributed by atoms with Crippen molar-refractivity contribution in [3.63, 3.8) is 0 Å². The second kappa shape index (κ2) is 8.45. The van der Waals surface area contributed by atoms with Crippen LogP contribution in [0.3, 0.4) is 0 Å². The Kier molecular flexibility index (Phi) is 6.45. The van der Waals surface area contributed by atoms with E-state index < -0.39 is 0 Å². The normalized spacial score (nSPS) is 45.4. The summed E-state index contributed by atoms with van der Waals surface area (Å²) in [5.74, 6) is 5.67. The molecule has 0 bridgehead atoms. The Bertz CT molecular complexity index is 612. The van der Waals surface area contributed by atoms with Gasteiger partial charge in [-0.1, -0.05) is 65.5 Å². The molecule has 0 aromatic carbocycles. The maximum absolute atomic E-state index is 5.89. The molecule has 0 aromatic heterocycles. The average molecular weight is 417 g/mol. The van der Waals surface area contributed by atoms with E-state index >= 15 is 0 Å². The highest BCUT2D eigenvalue weighted by Gasteiger charge is 2.59. The van der Waals surface area contributed by atoms with Gasteiger partial charge in [0.2, 0.25) is 0 Å². The van der Waals surface area contributed by atoms with Crippen LogP contribution in [0.25, 0.3) is 0 Å². The largest absolute Gasteiger partial charge is 0.425 e. The van der Waals surface area contributed by atoms with Gasteiger partial charge >= 0.3 is 0 Å². The zero-order valence-corrected chi connectivity index (χ0v) is 22.3. The van der Waals surface area contributed by atoms with E-state index in [1.54, 1.807) is 5.57 Å². The molecule has 166 valence electrons. The number of hydrogen-bond acceptors (Lipinski definition) is 1. The van der Waals surface area contributed by atoms with E-state index in [1.807, 2.05) is 0 Å². The van der Waals surface area contributed by atoms with Gasteiger partial charge in [-0.2, -0.15) is 0 Å². The summed E-state index contributed by atoms with van der Waals surface area (Å²) < 4.78 is 5.89. The predicted molar refractivity (Wildman–Crippen MR) is 128 cm³/mol.